The van der Waals surface area contributed by atoms with Gasteiger partial charge >= 0.3 is 6.03 Å². The number of carbonyl (C=O) groups excluding carboxylic acids is 1. The van der Waals surface area contributed by atoms with Crippen LogP contribution in [0, 0.1) is 0 Å². The lowest BCUT2D eigenvalue weighted by atomic mass is 10.4. The van der Waals surface area contributed by atoms with Crippen molar-refractivity contribution in [2.45, 2.75) is 19.9 Å². The SMILES string of the molecule is CC(C)N=CN(C)C(=O)n1ccnc1. The van der Waals surface area contributed by atoms with E-state index in [1.165, 1.54) is 22.1 Å². The fourth-order valence-corrected chi connectivity index (χ4v) is 0.837. The standard InChI is InChI=1S/C9H14N4O/c1-8(2)11-7-12(3)9(14)13-5-4-10-6-13/h4-8H,1-3H3. The summed E-state index contributed by atoms with van der Waals surface area (Å²) in [5, 5.41) is 0. The monoisotopic (exact) mass is 194 g/mol. The van der Waals surface area contributed by atoms with Crippen LogP contribution in [0.2, 0.25) is 0 Å². The zero-order chi connectivity index (χ0) is 10.6. The Morgan fingerprint density at radius 3 is 2.86 bits per heavy atom. The van der Waals surface area contributed by atoms with E-state index in [0.29, 0.717) is 0 Å². The predicted molar refractivity (Wildman–Crippen MR) is 54.4 cm³/mol. The second-order valence-corrected chi connectivity index (χ2v) is 3.22. The summed E-state index contributed by atoms with van der Waals surface area (Å²) >= 11 is 0. The number of hydrogen-bond acceptors (Lipinski definition) is 3. The lowest BCUT2D eigenvalue weighted by Crippen LogP contribution is -2.29. The molecule has 5 heteroatoms. The Kier molecular flexibility index (Phi) is 3.39. The first-order chi connectivity index (χ1) is 6.61. The smallest absolute Gasteiger partial charge is 0.287 e. The van der Waals surface area contributed by atoms with Gasteiger partial charge in [0.05, 0.1) is 6.34 Å². The van der Waals surface area contributed by atoms with Crippen LogP contribution >= 0.6 is 0 Å². The predicted octanol–water partition coefficient (Wildman–Crippen LogP) is 1.22. The molecule has 1 rings (SSSR count). The highest BCUT2D eigenvalue weighted by molar-refractivity contribution is 5.87. The Hall–Kier alpha value is -1.65. The first-order valence-corrected chi connectivity index (χ1v) is 4.39. The second-order valence-electron chi connectivity index (χ2n) is 3.22. The lowest BCUT2D eigenvalue weighted by Gasteiger charge is -2.11. The normalized spacial score (nSPS) is 11.1. The maximum absolute atomic E-state index is 11.6. The third-order valence-corrected chi connectivity index (χ3v) is 1.57. The average Bonchev–Trinajstić information content (AvgIpc) is 2.65. The van der Waals surface area contributed by atoms with E-state index in [1.54, 1.807) is 19.4 Å². The fraction of sp³-hybridized carbons (Fsp3) is 0.444. The van der Waals surface area contributed by atoms with Crippen LogP contribution in [-0.2, 0) is 0 Å². The summed E-state index contributed by atoms with van der Waals surface area (Å²) in [6.07, 6.45) is 6.14. The van der Waals surface area contributed by atoms with E-state index in [9.17, 15) is 4.79 Å². The molecule has 14 heavy (non-hydrogen) atoms. The minimum absolute atomic E-state index is 0.174. The van der Waals surface area contributed by atoms with E-state index < -0.39 is 0 Å². The first-order valence-electron chi connectivity index (χ1n) is 4.39. The van der Waals surface area contributed by atoms with Gasteiger partial charge in [-0.3, -0.25) is 14.5 Å². The van der Waals surface area contributed by atoms with Crippen LogP contribution in [0.3, 0.4) is 0 Å². The molecule has 76 valence electrons. The second kappa shape index (κ2) is 4.55. The summed E-state index contributed by atoms with van der Waals surface area (Å²) in [4.78, 5) is 20.9. The van der Waals surface area contributed by atoms with Gasteiger partial charge in [-0.2, -0.15) is 0 Å². The maximum atomic E-state index is 11.6. The van der Waals surface area contributed by atoms with Crippen LogP contribution in [0.25, 0.3) is 0 Å². The first kappa shape index (κ1) is 10.4. The molecule has 0 bridgehead atoms. The van der Waals surface area contributed by atoms with Gasteiger partial charge in [0.1, 0.15) is 6.33 Å². The molecule has 0 aromatic carbocycles. The maximum Gasteiger partial charge on any atom is 0.334 e. The molecule has 1 aromatic heterocycles. The highest BCUT2D eigenvalue weighted by atomic mass is 16.2. The van der Waals surface area contributed by atoms with E-state index in [-0.39, 0.29) is 12.1 Å². The van der Waals surface area contributed by atoms with Gasteiger partial charge in [0, 0.05) is 25.5 Å². The molecule has 1 amide bonds. The summed E-state index contributed by atoms with van der Waals surface area (Å²) < 4.78 is 1.40. The van der Waals surface area contributed by atoms with Gasteiger partial charge in [-0.15, -0.1) is 0 Å². The molecule has 0 radical (unpaired) electrons. The fourth-order valence-electron chi connectivity index (χ4n) is 0.837. The molecule has 0 aliphatic heterocycles. The average molecular weight is 194 g/mol. The number of imidazole rings is 1. The van der Waals surface area contributed by atoms with Gasteiger partial charge < -0.3 is 0 Å². The Balaban J connectivity index is 2.62. The number of carbonyl (C=O) groups is 1. The van der Waals surface area contributed by atoms with E-state index in [1.807, 2.05) is 13.8 Å². The van der Waals surface area contributed by atoms with Crippen molar-refractivity contribution >= 4 is 12.4 Å². The van der Waals surface area contributed by atoms with Crippen LogP contribution < -0.4 is 0 Å². The van der Waals surface area contributed by atoms with E-state index in [2.05, 4.69) is 9.98 Å². The molecule has 1 aromatic rings. The Bertz CT molecular complexity index is 316. The molecule has 0 N–H and O–H groups in total. The van der Waals surface area contributed by atoms with Gasteiger partial charge in [0.2, 0.25) is 0 Å². The Labute approximate surface area is 83.1 Å². The van der Waals surface area contributed by atoms with E-state index in [0.717, 1.165) is 0 Å². The zero-order valence-corrected chi connectivity index (χ0v) is 8.58. The number of aromatic nitrogens is 2. The van der Waals surface area contributed by atoms with Crippen molar-refractivity contribution in [3.05, 3.63) is 18.7 Å². The molecular weight excluding hydrogens is 180 g/mol. The van der Waals surface area contributed by atoms with Crippen LogP contribution in [0.1, 0.15) is 13.8 Å². The van der Waals surface area contributed by atoms with Crippen molar-refractivity contribution < 1.29 is 4.79 Å². The van der Waals surface area contributed by atoms with Crippen molar-refractivity contribution in [1.29, 1.82) is 0 Å². The van der Waals surface area contributed by atoms with Crippen molar-refractivity contribution in [2.24, 2.45) is 4.99 Å². The molecular formula is C9H14N4O. The molecule has 0 spiro atoms. The van der Waals surface area contributed by atoms with Crippen molar-refractivity contribution in [2.75, 3.05) is 7.05 Å². The summed E-state index contributed by atoms with van der Waals surface area (Å²) in [6.45, 7) is 3.90. The highest BCUT2D eigenvalue weighted by Crippen LogP contribution is 1.92. The minimum atomic E-state index is -0.174. The Morgan fingerprint density at radius 2 is 2.36 bits per heavy atom. The summed E-state index contributed by atoms with van der Waals surface area (Å²) in [5.41, 5.74) is 0. The molecule has 0 unspecified atom stereocenters. The van der Waals surface area contributed by atoms with E-state index >= 15 is 0 Å². The molecule has 0 aliphatic carbocycles. The zero-order valence-electron chi connectivity index (χ0n) is 8.58. The number of hydrogen-bond donors (Lipinski definition) is 0. The number of rotatable bonds is 2. The highest BCUT2D eigenvalue weighted by Gasteiger charge is 2.07. The molecule has 5 nitrogen and oxygen atoms in total. The van der Waals surface area contributed by atoms with Gasteiger partial charge in [-0.05, 0) is 13.8 Å². The molecule has 0 fully saturated rings. The largest absolute Gasteiger partial charge is 0.334 e. The molecule has 0 saturated carbocycles. The topological polar surface area (TPSA) is 50.5 Å². The van der Waals surface area contributed by atoms with Crippen molar-refractivity contribution in [3.8, 4) is 0 Å². The van der Waals surface area contributed by atoms with Crippen LogP contribution in [0.5, 0.6) is 0 Å². The summed E-state index contributed by atoms with van der Waals surface area (Å²) in [7, 11) is 1.66. The van der Waals surface area contributed by atoms with Crippen LogP contribution in [0.4, 0.5) is 4.79 Å². The third-order valence-electron chi connectivity index (χ3n) is 1.57. The van der Waals surface area contributed by atoms with Gasteiger partial charge in [-0.25, -0.2) is 9.78 Å². The number of amides is 1. The third kappa shape index (κ3) is 2.69. The van der Waals surface area contributed by atoms with Crippen LogP contribution in [0.15, 0.2) is 23.7 Å². The molecule has 0 aliphatic rings. The number of aliphatic imine (C=N–C) groups is 1. The Morgan fingerprint density at radius 1 is 1.64 bits per heavy atom. The summed E-state index contributed by atoms with van der Waals surface area (Å²) in [5.74, 6) is 0. The lowest BCUT2D eigenvalue weighted by molar-refractivity contribution is 0.229. The molecule has 0 atom stereocenters. The van der Waals surface area contributed by atoms with Crippen molar-refractivity contribution in [3.63, 3.8) is 0 Å². The van der Waals surface area contributed by atoms with Gasteiger partial charge in [-0.1, -0.05) is 0 Å². The van der Waals surface area contributed by atoms with E-state index in [4.69, 9.17) is 0 Å². The molecule has 0 saturated heterocycles. The van der Waals surface area contributed by atoms with Gasteiger partial charge in [0.25, 0.3) is 0 Å². The summed E-state index contributed by atoms with van der Waals surface area (Å²) in [6, 6.07) is 0.0138. The quantitative estimate of drug-likeness (QED) is 0.525. The van der Waals surface area contributed by atoms with Crippen molar-refractivity contribution in [1.82, 2.24) is 14.5 Å². The molecule has 1 heterocycles. The minimum Gasteiger partial charge on any atom is -0.287 e. The van der Waals surface area contributed by atoms with Gasteiger partial charge in [0.15, 0.2) is 0 Å². The van der Waals surface area contributed by atoms with Crippen LogP contribution in [-0.4, -0.2) is 39.9 Å². The number of nitrogens with zero attached hydrogens (tertiary/aromatic N) is 4.